The van der Waals surface area contributed by atoms with Gasteiger partial charge in [0.05, 0.1) is 12.7 Å². The van der Waals surface area contributed by atoms with Crippen molar-refractivity contribution >= 4 is 0 Å². The molecule has 4 atom stereocenters. The van der Waals surface area contributed by atoms with Crippen molar-refractivity contribution in [2.45, 2.75) is 51.3 Å². The van der Waals surface area contributed by atoms with E-state index in [0.717, 1.165) is 32.7 Å². The fourth-order valence-electron chi connectivity index (χ4n) is 2.60. The Morgan fingerprint density at radius 1 is 1.27 bits per heavy atom. The highest BCUT2D eigenvalue weighted by molar-refractivity contribution is 4.82. The molecule has 0 aliphatic carbocycles. The van der Waals surface area contributed by atoms with Crippen molar-refractivity contribution in [1.82, 2.24) is 5.32 Å². The Balaban J connectivity index is 1.74. The first-order valence-corrected chi connectivity index (χ1v) is 6.21. The molecule has 0 saturated carbocycles. The van der Waals surface area contributed by atoms with Gasteiger partial charge in [-0.05, 0) is 39.0 Å². The van der Waals surface area contributed by atoms with Crippen LogP contribution >= 0.6 is 0 Å². The second-order valence-corrected chi connectivity index (χ2v) is 4.98. The minimum absolute atomic E-state index is 0.420. The molecule has 2 fully saturated rings. The van der Waals surface area contributed by atoms with Gasteiger partial charge in [0.25, 0.3) is 0 Å². The van der Waals surface area contributed by atoms with Crippen LogP contribution in [-0.4, -0.2) is 38.0 Å². The van der Waals surface area contributed by atoms with Crippen LogP contribution in [0.5, 0.6) is 0 Å². The van der Waals surface area contributed by atoms with Crippen LogP contribution in [0.25, 0.3) is 0 Å². The third-order valence-corrected chi connectivity index (χ3v) is 3.66. The van der Waals surface area contributed by atoms with Gasteiger partial charge in [0.1, 0.15) is 0 Å². The number of hydrogen-bond acceptors (Lipinski definition) is 3. The normalized spacial score (nSPS) is 39.2. The van der Waals surface area contributed by atoms with Crippen LogP contribution < -0.4 is 5.32 Å². The molecule has 2 aliphatic heterocycles. The van der Waals surface area contributed by atoms with Crippen LogP contribution in [0.2, 0.25) is 0 Å². The van der Waals surface area contributed by atoms with Crippen LogP contribution in [0.3, 0.4) is 0 Å². The summed E-state index contributed by atoms with van der Waals surface area (Å²) in [6.07, 6.45) is 3.94. The zero-order valence-electron chi connectivity index (χ0n) is 9.87. The number of ether oxygens (including phenoxy) is 2. The maximum absolute atomic E-state index is 5.55. The van der Waals surface area contributed by atoms with E-state index < -0.39 is 0 Å². The topological polar surface area (TPSA) is 30.5 Å². The lowest BCUT2D eigenvalue weighted by atomic mass is 9.97. The summed E-state index contributed by atoms with van der Waals surface area (Å²) < 4.78 is 11.0. The predicted octanol–water partition coefficient (Wildman–Crippen LogP) is 1.57. The molecule has 3 nitrogen and oxygen atoms in total. The molecular formula is C12H23NO2. The molecule has 4 unspecified atom stereocenters. The Bertz CT molecular complexity index is 192. The lowest BCUT2D eigenvalue weighted by molar-refractivity contribution is 0.0101. The molecule has 0 aromatic carbocycles. The molecule has 1 N–H and O–H groups in total. The van der Waals surface area contributed by atoms with Crippen molar-refractivity contribution in [2.24, 2.45) is 5.92 Å². The Kier molecular flexibility index (Phi) is 4.00. The summed E-state index contributed by atoms with van der Waals surface area (Å²) in [6.45, 7) is 7.25. The molecule has 88 valence electrons. The molecule has 0 radical (unpaired) electrons. The van der Waals surface area contributed by atoms with E-state index in [1.165, 1.54) is 6.42 Å². The number of rotatable bonds is 3. The third-order valence-electron chi connectivity index (χ3n) is 3.66. The number of hydrogen-bond donors (Lipinski definition) is 1. The third kappa shape index (κ3) is 3.16. The predicted molar refractivity (Wildman–Crippen MR) is 60.0 cm³/mol. The average molecular weight is 213 g/mol. The fourth-order valence-corrected chi connectivity index (χ4v) is 2.60. The molecule has 2 rings (SSSR count). The van der Waals surface area contributed by atoms with Crippen LogP contribution in [-0.2, 0) is 9.47 Å². The lowest BCUT2D eigenvalue weighted by Crippen LogP contribution is -2.45. The SMILES string of the molecule is CC1CC(NC(C)C2CCOC2)CCO1. The highest BCUT2D eigenvalue weighted by Crippen LogP contribution is 2.19. The van der Waals surface area contributed by atoms with E-state index in [0.29, 0.717) is 24.1 Å². The Morgan fingerprint density at radius 3 is 2.80 bits per heavy atom. The van der Waals surface area contributed by atoms with Crippen molar-refractivity contribution in [3.05, 3.63) is 0 Å². The Labute approximate surface area is 92.5 Å². The monoisotopic (exact) mass is 213 g/mol. The Morgan fingerprint density at radius 2 is 2.13 bits per heavy atom. The second-order valence-electron chi connectivity index (χ2n) is 4.98. The number of nitrogens with one attached hydrogen (secondary N) is 1. The fraction of sp³-hybridized carbons (Fsp3) is 1.00. The highest BCUT2D eigenvalue weighted by Gasteiger charge is 2.26. The van der Waals surface area contributed by atoms with Gasteiger partial charge in [-0.2, -0.15) is 0 Å². The molecule has 2 aliphatic rings. The summed E-state index contributed by atoms with van der Waals surface area (Å²) in [4.78, 5) is 0. The summed E-state index contributed by atoms with van der Waals surface area (Å²) in [7, 11) is 0. The van der Waals surface area contributed by atoms with Gasteiger partial charge in [-0.3, -0.25) is 0 Å². The highest BCUT2D eigenvalue weighted by atomic mass is 16.5. The van der Waals surface area contributed by atoms with Gasteiger partial charge in [0, 0.05) is 25.3 Å². The summed E-state index contributed by atoms with van der Waals surface area (Å²) >= 11 is 0. The van der Waals surface area contributed by atoms with Crippen molar-refractivity contribution in [2.75, 3.05) is 19.8 Å². The summed E-state index contributed by atoms with van der Waals surface area (Å²) in [5.74, 6) is 0.711. The first kappa shape index (κ1) is 11.4. The van der Waals surface area contributed by atoms with Gasteiger partial charge in [0.2, 0.25) is 0 Å². The molecule has 0 aromatic rings. The standard InChI is InChI=1S/C12H23NO2/c1-9-7-12(4-6-15-9)13-10(2)11-3-5-14-8-11/h9-13H,3-8H2,1-2H3. The van der Waals surface area contributed by atoms with Gasteiger partial charge >= 0.3 is 0 Å². The van der Waals surface area contributed by atoms with Gasteiger partial charge < -0.3 is 14.8 Å². The lowest BCUT2D eigenvalue weighted by Gasteiger charge is -2.32. The van der Waals surface area contributed by atoms with Crippen LogP contribution in [0.1, 0.15) is 33.1 Å². The van der Waals surface area contributed by atoms with Gasteiger partial charge in [-0.15, -0.1) is 0 Å². The molecule has 2 heterocycles. The van der Waals surface area contributed by atoms with Gasteiger partial charge in [0.15, 0.2) is 0 Å². The smallest absolute Gasteiger partial charge is 0.0561 e. The van der Waals surface area contributed by atoms with E-state index in [2.05, 4.69) is 19.2 Å². The maximum Gasteiger partial charge on any atom is 0.0561 e. The van der Waals surface area contributed by atoms with E-state index >= 15 is 0 Å². The van der Waals surface area contributed by atoms with Crippen LogP contribution in [0.15, 0.2) is 0 Å². The van der Waals surface area contributed by atoms with Gasteiger partial charge in [-0.25, -0.2) is 0 Å². The average Bonchev–Trinajstić information content (AvgIpc) is 2.70. The van der Waals surface area contributed by atoms with E-state index in [1.54, 1.807) is 0 Å². The second kappa shape index (κ2) is 5.28. The molecule has 3 heteroatoms. The van der Waals surface area contributed by atoms with E-state index in [-0.39, 0.29) is 0 Å². The Hall–Kier alpha value is -0.120. The first-order chi connectivity index (χ1) is 7.25. The first-order valence-electron chi connectivity index (χ1n) is 6.21. The molecular weight excluding hydrogens is 190 g/mol. The van der Waals surface area contributed by atoms with Crippen molar-refractivity contribution < 1.29 is 9.47 Å². The molecule has 0 amide bonds. The molecule has 15 heavy (non-hydrogen) atoms. The van der Waals surface area contributed by atoms with Crippen molar-refractivity contribution in [3.8, 4) is 0 Å². The van der Waals surface area contributed by atoms with Crippen LogP contribution in [0.4, 0.5) is 0 Å². The molecule has 2 saturated heterocycles. The minimum atomic E-state index is 0.420. The molecule has 0 aromatic heterocycles. The molecule has 0 spiro atoms. The summed E-state index contributed by atoms with van der Waals surface area (Å²) in [5, 5.41) is 3.73. The quantitative estimate of drug-likeness (QED) is 0.772. The van der Waals surface area contributed by atoms with Crippen molar-refractivity contribution in [3.63, 3.8) is 0 Å². The minimum Gasteiger partial charge on any atom is -0.381 e. The largest absolute Gasteiger partial charge is 0.381 e. The van der Waals surface area contributed by atoms with Crippen LogP contribution in [0, 0.1) is 5.92 Å². The molecule has 0 bridgehead atoms. The van der Waals surface area contributed by atoms with Crippen molar-refractivity contribution in [1.29, 1.82) is 0 Å². The zero-order valence-corrected chi connectivity index (χ0v) is 9.87. The van der Waals surface area contributed by atoms with E-state index in [1.807, 2.05) is 0 Å². The summed E-state index contributed by atoms with van der Waals surface area (Å²) in [5.41, 5.74) is 0. The maximum atomic E-state index is 5.55. The zero-order chi connectivity index (χ0) is 10.7. The van der Waals surface area contributed by atoms with E-state index in [4.69, 9.17) is 9.47 Å². The van der Waals surface area contributed by atoms with E-state index in [9.17, 15) is 0 Å². The summed E-state index contributed by atoms with van der Waals surface area (Å²) in [6, 6.07) is 1.23. The van der Waals surface area contributed by atoms with Gasteiger partial charge in [-0.1, -0.05) is 0 Å².